The van der Waals surface area contributed by atoms with E-state index in [1.165, 1.54) is 25.6 Å². The number of likely N-dealkylation sites (N-methyl/N-ethyl adjacent to an activating group) is 1. The molecule has 1 amide bonds. The van der Waals surface area contributed by atoms with E-state index in [0.29, 0.717) is 40.0 Å². The van der Waals surface area contributed by atoms with Crippen LogP contribution in [0.3, 0.4) is 0 Å². The number of methoxy groups -OCH3 is 2. The Kier molecular flexibility index (Phi) is 9.12. The van der Waals surface area contributed by atoms with Crippen LogP contribution in [0.1, 0.15) is 15.2 Å². The summed E-state index contributed by atoms with van der Waals surface area (Å²) in [6, 6.07) is 1.54. The second-order valence-electron chi connectivity index (χ2n) is 6.53. The molecule has 1 heterocycles. The van der Waals surface area contributed by atoms with E-state index in [9.17, 15) is 4.79 Å². The third kappa shape index (κ3) is 5.68. The first kappa shape index (κ1) is 24.9. The number of amidine groups is 1. The highest BCUT2D eigenvalue weighted by molar-refractivity contribution is 7.13. The van der Waals surface area contributed by atoms with Gasteiger partial charge in [-0.1, -0.05) is 23.2 Å². The zero-order valence-corrected chi connectivity index (χ0v) is 20.3. The van der Waals surface area contributed by atoms with Gasteiger partial charge in [-0.15, -0.1) is 11.3 Å². The average Bonchev–Trinajstić information content (AvgIpc) is 3.18. The number of anilines is 1. The minimum absolute atomic E-state index is 0.159. The number of carbonyl (C=O) groups excluding carboxylic acids is 1. The van der Waals surface area contributed by atoms with Crippen LogP contribution in [0, 0.1) is 0 Å². The van der Waals surface area contributed by atoms with Gasteiger partial charge in [0.25, 0.3) is 5.91 Å². The van der Waals surface area contributed by atoms with Gasteiger partial charge in [0.05, 0.1) is 36.0 Å². The monoisotopic (exact) mass is 485 g/mol. The molecule has 0 aliphatic rings. The molecule has 0 spiro atoms. The number of ether oxygens (including phenoxy) is 2. The van der Waals surface area contributed by atoms with Gasteiger partial charge >= 0.3 is 0 Å². The van der Waals surface area contributed by atoms with E-state index in [2.05, 4.69) is 32.2 Å². The van der Waals surface area contributed by atoms with E-state index in [-0.39, 0.29) is 15.7 Å². The molecular formula is C20H25Cl2N5O3S. The topological polar surface area (TPSA) is 87.5 Å². The first-order valence-corrected chi connectivity index (χ1v) is 10.8. The van der Waals surface area contributed by atoms with Crippen molar-refractivity contribution < 1.29 is 14.3 Å². The van der Waals surface area contributed by atoms with Crippen molar-refractivity contribution in [2.75, 3.05) is 53.8 Å². The Hall–Kier alpha value is -2.33. The van der Waals surface area contributed by atoms with E-state index in [1.807, 2.05) is 14.1 Å². The fourth-order valence-corrected chi connectivity index (χ4v) is 4.28. The number of hydrogen-bond acceptors (Lipinski definition) is 7. The molecule has 168 valence electrons. The first-order chi connectivity index (χ1) is 14.8. The molecule has 2 N–H and O–H groups in total. The number of carbonyl (C=O) groups is 1. The maximum atomic E-state index is 13.1. The summed E-state index contributed by atoms with van der Waals surface area (Å²) in [7, 11) is 8.56. The van der Waals surface area contributed by atoms with Crippen molar-refractivity contribution in [1.29, 1.82) is 0 Å². The van der Waals surface area contributed by atoms with Crippen LogP contribution in [0.5, 0.6) is 11.5 Å². The van der Waals surface area contributed by atoms with Gasteiger partial charge in [0.15, 0.2) is 0 Å². The van der Waals surface area contributed by atoms with Crippen molar-refractivity contribution in [2.24, 2.45) is 9.98 Å². The number of amides is 1. The molecule has 0 saturated carbocycles. The lowest BCUT2D eigenvalue weighted by Gasteiger charge is -2.15. The van der Waals surface area contributed by atoms with Crippen LogP contribution in [0.25, 0.3) is 0 Å². The summed E-state index contributed by atoms with van der Waals surface area (Å²) in [6.45, 7) is 5.13. The summed E-state index contributed by atoms with van der Waals surface area (Å²) in [5.74, 6) is 0.814. The Morgan fingerprint density at radius 1 is 1.23 bits per heavy atom. The minimum atomic E-state index is -0.451. The summed E-state index contributed by atoms with van der Waals surface area (Å²) < 4.78 is 10.5. The number of hydrogen-bond donors (Lipinski definition) is 2. The zero-order chi connectivity index (χ0) is 23.1. The summed E-state index contributed by atoms with van der Waals surface area (Å²) in [4.78, 5) is 24.2. The Bertz CT molecular complexity index is 963. The fraction of sp³-hybridized carbons (Fsp3) is 0.350. The molecule has 1 aromatic heterocycles. The Morgan fingerprint density at radius 2 is 1.84 bits per heavy atom. The number of rotatable bonds is 9. The number of benzene rings is 1. The number of halogens is 2. The second kappa shape index (κ2) is 11.3. The average molecular weight is 486 g/mol. The quantitative estimate of drug-likeness (QED) is 0.410. The highest BCUT2D eigenvalue weighted by Gasteiger charge is 2.24. The molecule has 11 heteroatoms. The van der Waals surface area contributed by atoms with Gasteiger partial charge < -0.3 is 25.0 Å². The van der Waals surface area contributed by atoms with Gasteiger partial charge in [-0.2, -0.15) is 0 Å². The summed E-state index contributed by atoms with van der Waals surface area (Å²) in [5, 5.41) is 8.01. The third-order valence-corrected chi connectivity index (χ3v) is 6.00. The van der Waals surface area contributed by atoms with Crippen LogP contribution in [-0.2, 0) is 0 Å². The van der Waals surface area contributed by atoms with Crippen LogP contribution >= 0.6 is 34.5 Å². The number of nitrogens with one attached hydrogen (secondary N) is 2. The fourth-order valence-electron chi connectivity index (χ4n) is 2.67. The van der Waals surface area contributed by atoms with Crippen molar-refractivity contribution in [1.82, 2.24) is 10.2 Å². The summed E-state index contributed by atoms with van der Waals surface area (Å²) in [5.41, 5.74) is 0.919. The van der Waals surface area contributed by atoms with Crippen molar-refractivity contribution in [3.05, 3.63) is 31.9 Å². The minimum Gasteiger partial charge on any atom is -0.495 e. The molecule has 0 radical (unpaired) electrons. The van der Waals surface area contributed by atoms with Crippen LogP contribution in [0.15, 0.2) is 21.4 Å². The van der Waals surface area contributed by atoms with E-state index in [0.717, 1.165) is 6.54 Å². The lowest BCUT2D eigenvalue weighted by Crippen LogP contribution is -2.31. The van der Waals surface area contributed by atoms with Crippen LogP contribution in [-0.4, -0.2) is 71.8 Å². The van der Waals surface area contributed by atoms with E-state index >= 15 is 0 Å². The van der Waals surface area contributed by atoms with Gasteiger partial charge in [0.2, 0.25) is 0 Å². The van der Waals surface area contributed by atoms with Gasteiger partial charge in [0, 0.05) is 31.6 Å². The van der Waals surface area contributed by atoms with Crippen LogP contribution < -0.4 is 20.1 Å². The lowest BCUT2D eigenvalue weighted by atomic mass is 10.2. The Morgan fingerprint density at radius 3 is 2.32 bits per heavy atom. The van der Waals surface area contributed by atoms with Crippen molar-refractivity contribution in [3.8, 4) is 11.5 Å². The predicted molar refractivity (Wildman–Crippen MR) is 130 cm³/mol. The highest BCUT2D eigenvalue weighted by Crippen LogP contribution is 2.44. The molecule has 0 aliphatic heterocycles. The van der Waals surface area contributed by atoms with E-state index < -0.39 is 5.91 Å². The molecule has 0 bridgehead atoms. The lowest BCUT2D eigenvalue weighted by molar-refractivity contribution is 0.102. The number of nitrogens with zero attached hydrogens (tertiary/aromatic N) is 3. The zero-order valence-electron chi connectivity index (χ0n) is 18.0. The SMILES string of the molecule is C=Nc1c(C(=O)Nc2c(Cl)c(OC)cc(OC)c2Cl)csc1/C(=N\C)NCCN(C)C. The maximum absolute atomic E-state index is 13.1. The molecule has 0 unspecified atom stereocenters. The molecule has 0 atom stereocenters. The number of aliphatic imine (C=N–C) groups is 2. The standard InChI is InChI=1S/C20H25Cl2N5O3S/c1-23-16-11(10-31-18(16)19(24-2)25-7-8-27(3)4)20(28)26-17-14(21)12(29-5)9-13(30-6)15(17)22/h9-10H,1,7-8H2,2-6H3,(H,24,25)(H,26,28). The number of thiophene rings is 1. The van der Waals surface area contributed by atoms with Gasteiger partial charge in [0.1, 0.15) is 27.4 Å². The summed E-state index contributed by atoms with van der Waals surface area (Å²) in [6.07, 6.45) is 0. The third-order valence-electron chi connectivity index (χ3n) is 4.27. The summed E-state index contributed by atoms with van der Waals surface area (Å²) >= 11 is 14.1. The molecule has 2 rings (SSSR count). The smallest absolute Gasteiger partial charge is 0.258 e. The first-order valence-electron chi connectivity index (χ1n) is 9.14. The van der Waals surface area contributed by atoms with Gasteiger partial charge in [-0.25, -0.2) is 0 Å². The predicted octanol–water partition coefficient (Wildman–Crippen LogP) is 4.18. The molecule has 1 aromatic carbocycles. The largest absolute Gasteiger partial charge is 0.495 e. The molecule has 0 fully saturated rings. The van der Waals surface area contributed by atoms with Crippen LogP contribution in [0.4, 0.5) is 11.4 Å². The molecular weight excluding hydrogens is 461 g/mol. The highest BCUT2D eigenvalue weighted by atomic mass is 35.5. The van der Waals surface area contributed by atoms with E-state index in [4.69, 9.17) is 32.7 Å². The molecule has 2 aromatic rings. The van der Waals surface area contributed by atoms with Crippen molar-refractivity contribution in [3.63, 3.8) is 0 Å². The molecule has 8 nitrogen and oxygen atoms in total. The normalized spacial score (nSPS) is 11.4. The van der Waals surface area contributed by atoms with Gasteiger partial charge in [-0.3, -0.25) is 14.8 Å². The van der Waals surface area contributed by atoms with Crippen molar-refractivity contribution >= 4 is 64.4 Å². The maximum Gasteiger partial charge on any atom is 0.258 e. The van der Waals surface area contributed by atoms with E-state index in [1.54, 1.807) is 18.5 Å². The van der Waals surface area contributed by atoms with Crippen molar-refractivity contribution in [2.45, 2.75) is 0 Å². The second-order valence-corrected chi connectivity index (χ2v) is 8.16. The van der Waals surface area contributed by atoms with Crippen LogP contribution in [0.2, 0.25) is 10.0 Å². The Labute approximate surface area is 195 Å². The molecule has 0 saturated heterocycles. The Balaban J connectivity index is 2.37. The van der Waals surface area contributed by atoms with Gasteiger partial charge in [-0.05, 0) is 20.8 Å². The molecule has 0 aliphatic carbocycles. The molecule has 31 heavy (non-hydrogen) atoms.